The van der Waals surface area contributed by atoms with Gasteiger partial charge in [0.1, 0.15) is 0 Å². The average molecular weight is 480 g/mol. The van der Waals surface area contributed by atoms with Crippen LogP contribution < -0.4 is 5.32 Å². The number of benzene rings is 2. The summed E-state index contributed by atoms with van der Waals surface area (Å²) in [6.45, 7) is 0. The monoisotopic (exact) mass is 479 g/mol. The lowest BCUT2D eigenvalue weighted by Crippen LogP contribution is -2.13. The number of halogens is 2. The number of sulfone groups is 1. The van der Waals surface area contributed by atoms with Crippen LogP contribution in [0.25, 0.3) is 0 Å². The molecule has 7 heteroatoms. The quantitative estimate of drug-likeness (QED) is 0.682. The van der Waals surface area contributed by atoms with Gasteiger partial charge < -0.3 is 5.32 Å². The topological polar surface area (TPSA) is 63.2 Å². The summed E-state index contributed by atoms with van der Waals surface area (Å²) >= 11 is 5.40. The van der Waals surface area contributed by atoms with Gasteiger partial charge in [-0.3, -0.25) is 4.79 Å². The molecule has 0 fully saturated rings. The van der Waals surface area contributed by atoms with Crippen molar-refractivity contribution < 1.29 is 13.2 Å². The van der Waals surface area contributed by atoms with Crippen LogP contribution >= 0.6 is 38.5 Å². The fourth-order valence-corrected chi connectivity index (χ4v) is 3.28. The Labute approximate surface area is 145 Å². The summed E-state index contributed by atoms with van der Waals surface area (Å²) in [4.78, 5) is 12.4. The van der Waals surface area contributed by atoms with Gasteiger partial charge in [-0.15, -0.1) is 0 Å². The molecular weight excluding hydrogens is 469 g/mol. The van der Waals surface area contributed by atoms with Crippen LogP contribution in [0, 0.1) is 3.57 Å². The molecule has 0 aliphatic heterocycles. The lowest BCUT2D eigenvalue weighted by atomic mass is 10.2. The standard InChI is InChI=1S/C14H11BrINO3S/c1-21(19,20)11-4-2-3-10(8-11)17-14(18)12-7-9(15)5-6-13(12)16/h2-8H,1H3,(H,17,18). The Morgan fingerprint density at radius 3 is 2.57 bits per heavy atom. The summed E-state index contributed by atoms with van der Waals surface area (Å²) in [6, 6.07) is 11.6. The zero-order valence-electron chi connectivity index (χ0n) is 10.9. The van der Waals surface area contributed by atoms with E-state index < -0.39 is 9.84 Å². The molecular formula is C14H11BrINO3S. The zero-order valence-corrected chi connectivity index (χ0v) is 15.5. The van der Waals surface area contributed by atoms with Crippen molar-refractivity contribution in [3.63, 3.8) is 0 Å². The Balaban J connectivity index is 2.30. The van der Waals surface area contributed by atoms with E-state index in [9.17, 15) is 13.2 Å². The molecule has 0 aromatic heterocycles. The minimum atomic E-state index is -3.30. The van der Waals surface area contributed by atoms with Crippen LogP contribution in [-0.2, 0) is 9.84 Å². The Kier molecular flexibility index (Phi) is 5.05. The maximum atomic E-state index is 12.3. The molecule has 0 saturated carbocycles. The largest absolute Gasteiger partial charge is 0.322 e. The number of rotatable bonds is 3. The fraction of sp³-hybridized carbons (Fsp3) is 0.0714. The lowest BCUT2D eigenvalue weighted by molar-refractivity contribution is 0.102. The molecule has 21 heavy (non-hydrogen) atoms. The third kappa shape index (κ3) is 4.27. The molecule has 110 valence electrons. The molecule has 4 nitrogen and oxygen atoms in total. The van der Waals surface area contributed by atoms with E-state index in [0.29, 0.717) is 11.3 Å². The van der Waals surface area contributed by atoms with Crippen molar-refractivity contribution in [1.29, 1.82) is 0 Å². The first-order chi connectivity index (χ1) is 9.77. The van der Waals surface area contributed by atoms with E-state index in [2.05, 4.69) is 43.8 Å². The molecule has 2 aromatic carbocycles. The van der Waals surface area contributed by atoms with Gasteiger partial charge in [-0.25, -0.2) is 8.42 Å². The second-order valence-corrected chi connectivity index (χ2v) is 8.47. The van der Waals surface area contributed by atoms with Crippen molar-refractivity contribution in [2.45, 2.75) is 4.90 Å². The fourth-order valence-electron chi connectivity index (χ4n) is 1.67. The Morgan fingerprint density at radius 2 is 1.90 bits per heavy atom. The van der Waals surface area contributed by atoms with E-state index >= 15 is 0 Å². The number of nitrogens with one attached hydrogen (secondary N) is 1. The predicted molar refractivity (Wildman–Crippen MR) is 94.4 cm³/mol. The van der Waals surface area contributed by atoms with Crippen molar-refractivity contribution in [2.75, 3.05) is 11.6 Å². The van der Waals surface area contributed by atoms with Crippen molar-refractivity contribution in [1.82, 2.24) is 0 Å². The van der Waals surface area contributed by atoms with E-state index in [1.54, 1.807) is 18.2 Å². The summed E-state index contributed by atoms with van der Waals surface area (Å²) in [7, 11) is -3.30. The van der Waals surface area contributed by atoms with Gasteiger partial charge in [0.2, 0.25) is 0 Å². The molecule has 1 amide bonds. The summed E-state index contributed by atoms with van der Waals surface area (Å²) in [6.07, 6.45) is 1.13. The lowest BCUT2D eigenvalue weighted by Gasteiger charge is -2.08. The smallest absolute Gasteiger partial charge is 0.256 e. The van der Waals surface area contributed by atoms with E-state index in [-0.39, 0.29) is 10.8 Å². The summed E-state index contributed by atoms with van der Waals surface area (Å²) in [5, 5.41) is 2.71. The van der Waals surface area contributed by atoms with Gasteiger partial charge in [0, 0.05) is 20.0 Å². The minimum absolute atomic E-state index is 0.171. The maximum absolute atomic E-state index is 12.3. The van der Waals surface area contributed by atoms with Crippen LogP contribution in [0.2, 0.25) is 0 Å². The molecule has 0 spiro atoms. The Morgan fingerprint density at radius 1 is 1.19 bits per heavy atom. The molecule has 2 aromatic rings. The number of carbonyl (C=O) groups excluding carboxylic acids is 1. The van der Waals surface area contributed by atoms with Gasteiger partial charge in [-0.2, -0.15) is 0 Å². The minimum Gasteiger partial charge on any atom is -0.322 e. The molecule has 0 aliphatic rings. The van der Waals surface area contributed by atoms with Gasteiger partial charge in [0.25, 0.3) is 5.91 Å². The van der Waals surface area contributed by atoms with Crippen LogP contribution in [0.1, 0.15) is 10.4 Å². The molecule has 2 rings (SSSR count). The highest BCUT2D eigenvalue weighted by Crippen LogP contribution is 2.21. The van der Waals surface area contributed by atoms with Gasteiger partial charge in [-0.05, 0) is 59.0 Å². The number of anilines is 1. The van der Waals surface area contributed by atoms with E-state index in [0.717, 1.165) is 14.3 Å². The van der Waals surface area contributed by atoms with Crippen LogP contribution in [0.5, 0.6) is 0 Å². The number of hydrogen-bond acceptors (Lipinski definition) is 3. The second-order valence-electron chi connectivity index (χ2n) is 4.38. The number of carbonyl (C=O) groups is 1. The average Bonchev–Trinajstić information content (AvgIpc) is 2.41. The SMILES string of the molecule is CS(=O)(=O)c1cccc(NC(=O)c2cc(Br)ccc2I)c1. The third-order valence-electron chi connectivity index (χ3n) is 2.69. The highest BCUT2D eigenvalue weighted by molar-refractivity contribution is 14.1. The molecule has 1 N–H and O–H groups in total. The van der Waals surface area contributed by atoms with E-state index in [1.165, 1.54) is 12.1 Å². The van der Waals surface area contributed by atoms with Gasteiger partial charge in [0.15, 0.2) is 9.84 Å². The van der Waals surface area contributed by atoms with Crippen molar-refractivity contribution in [2.24, 2.45) is 0 Å². The molecule has 0 saturated heterocycles. The van der Waals surface area contributed by atoms with Gasteiger partial charge in [0.05, 0.1) is 10.5 Å². The first kappa shape index (κ1) is 16.4. The number of amides is 1. The van der Waals surface area contributed by atoms with Crippen LogP contribution in [0.15, 0.2) is 51.8 Å². The first-order valence-electron chi connectivity index (χ1n) is 5.84. The zero-order chi connectivity index (χ0) is 15.6. The van der Waals surface area contributed by atoms with Crippen LogP contribution in [0.3, 0.4) is 0 Å². The Hall–Kier alpha value is -0.930. The molecule has 0 bridgehead atoms. The molecule has 0 atom stereocenters. The molecule has 0 aliphatic carbocycles. The third-order valence-corrected chi connectivity index (χ3v) is 5.24. The maximum Gasteiger partial charge on any atom is 0.256 e. The van der Waals surface area contributed by atoms with Crippen molar-refractivity contribution in [3.05, 3.63) is 56.1 Å². The first-order valence-corrected chi connectivity index (χ1v) is 9.60. The summed E-state index contributed by atoms with van der Waals surface area (Å²) in [5.41, 5.74) is 0.966. The van der Waals surface area contributed by atoms with Crippen LogP contribution in [0.4, 0.5) is 5.69 Å². The molecule has 0 unspecified atom stereocenters. The second kappa shape index (κ2) is 6.45. The van der Waals surface area contributed by atoms with Crippen molar-refractivity contribution >= 4 is 60.0 Å². The highest BCUT2D eigenvalue weighted by Gasteiger charge is 2.12. The van der Waals surface area contributed by atoms with Crippen LogP contribution in [-0.4, -0.2) is 20.6 Å². The molecule has 0 radical (unpaired) electrons. The van der Waals surface area contributed by atoms with Crippen molar-refractivity contribution in [3.8, 4) is 0 Å². The number of hydrogen-bond donors (Lipinski definition) is 1. The molecule has 0 heterocycles. The van der Waals surface area contributed by atoms with Gasteiger partial charge >= 0.3 is 0 Å². The Bertz CT molecular complexity index is 806. The van der Waals surface area contributed by atoms with Gasteiger partial charge in [-0.1, -0.05) is 22.0 Å². The van der Waals surface area contributed by atoms with E-state index in [1.807, 2.05) is 12.1 Å². The highest BCUT2D eigenvalue weighted by atomic mass is 127. The van der Waals surface area contributed by atoms with E-state index in [4.69, 9.17) is 0 Å². The summed E-state index contributed by atoms with van der Waals surface area (Å²) in [5.74, 6) is -0.286. The predicted octanol–water partition coefficient (Wildman–Crippen LogP) is 3.71. The summed E-state index contributed by atoms with van der Waals surface area (Å²) < 4.78 is 24.7. The normalized spacial score (nSPS) is 11.2.